The molecule has 4 rings (SSSR count). The summed E-state index contributed by atoms with van der Waals surface area (Å²) in [7, 11) is 0. The highest BCUT2D eigenvalue weighted by Crippen LogP contribution is 2.37. The Bertz CT molecular complexity index is 937. The summed E-state index contributed by atoms with van der Waals surface area (Å²) in [6, 6.07) is 15.0. The number of aromatic amines is 1. The Morgan fingerprint density at radius 3 is 2.85 bits per heavy atom. The van der Waals surface area contributed by atoms with Crippen LogP contribution in [0.15, 0.2) is 48.5 Å². The molecule has 1 aromatic heterocycles. The fraction of sp³-hybridized carbons (Fsp3) is 0.158. The van der Waals surface area contributed by atoms with Gasteiger partial charge >= 0.3 is 6.09 Å². The van der Waals surface area contributed by atoms with Crippen molar-refractivity contribution < 1.29 is 19.0 Å². The van der Waals surface area contributed by atoms with E-state index in [0.29, 0.717) is 22.9 Å². The average molecular weight is 351 g/mol. The molecule has 0 aliphatic carbocycles. The Morgan fingerprint density at radius 2 is 2.00 bits per heavy atom. The largest absolute Gasteiger partial charge is 0.454 e. The summed E-state index contributed by atoms with van der Waals surface area (Å²) in [5.41, 5.74) is 3.63. The van der Waals surface area contributed by atoms with Gasteiger partial charge in [-0.05, 0) is 30.7 Å². The highest BCUT2D eigenvalue weighted by Gasteiger charge is 2.19. The lowest BCUT2D eigenvalue weighted by Gasteiger charge is -2.09. The molecule has 0 unspecified atom stereocenters. The quantitative estimate of drug-likeness (QED) is 0.745. The molecule has 1 aliphatic heterocycles. The topological polar surface area (TPSA) is 85.5 Å². The lowest BCUT2D eigenvalue weighted by Crippen LogP contribution is -2.14. The van der Waals surface area contributed by atoms with Gasteiger partial charge in [0.15, 0.2) is 11.5 Å². The molecule has 2 N–H and O–H groups in total. The number of carbonyl (C=O) groups is 1. The fourth-order valence-electron chi connectivity index (χ4n) is 2.70. The summed E-state index contributed by atoms with van der Waals surface area (Å²) < 4.78 is 16.0. The van der Waals surface area contributed by atoms with Gasteiger partial charge in [0.2, 0.25) is 6.79 Å². The predicted molar refractivity (Wildman–Crippen MR) is 95.1 cm³/mol. The molecule has 1 aliphatic rings. The molecule has 7 heteroatoms. The van der Waals surface area contributed by atoms with Crippen LogP contribution in [0.3, 0.4) is 0 Å². The minimum absolute atomic E-state index is 0.197. The van der Waals surface area contributed by atoms with Crippen LogP contribution in [-0.2, 0) is 11.3 Å². The van der Waals surface area contributed by atoms with Crippen molar-refractivity contribution in [2.45, 2.75) is 13.5 Å². The molecule has 0 bridgehead atoms. The van der Waals surface area contributed by atoms with Crippen molar-refractivity contribution in [1.82, 2.24) is 10.2 Å². The smallest absolute Gasteiger partial charge is 0.412 e. The number of fused-ring (bicyclic) bond motifs is 1. The van der Waals surface area contributed by atoms with Crippen LogP contribution >= 0.6 is 0 Å². The molecule has 1 amide bonds. The number of hydrogen-bond acceptors (Lipinski definition) is 5. The average Bonchev–Trinajstić information content (AvgIpc) is 3.27. The fourth-order valence-corrected chi connectivity index (χ4v) is 2.70. The van der Waals surface area contributed by atoms with Crippen molar-refractivity contribution in [1.29, 1.82) is 0 Å². The summed E-state index contributed by atoms with van der Waals surface area (Å²) in [6.07, 6.45) is -0.541. The van der Waals surface area contributed by atoms with Crippen LogP contribution in [-0.4, -0.2) is 23.1 Å². The van der Waals surface area contributed by atoms with Gasteiger partial charge < -0.3 is 14.2 Å². The van der Waals surface area contributed by atoms with Gasteiger partial charge in [0, 0.05) is 5.56 Å². The molecule has 2 aromatic carbocycles. The maximum absolute atomic E-state index is 12.2. The number of benzene rings is 2. The van der Waals surface area contributed by atoms with Gasteiger partial charge in [0.05, 0.1) is 11.4 Å². The third-order valence-electron chi connectivity index (χ3n) is 4.03. The number of rotatable bonds is 4. The highest BCUT2D eigenvalue weighted by molar-refractivity contribution is 5.91. The van der Waals surface area contributed by atoms with E-state index in [1.54, 1.807) is 0 Å². The van der Waals surface area contributed by atoms with Crippen molar-refractivity contribution in [2.24, 2.45) is 0 Å². The molecule has 2 heterocycles. The number of ether oxygens (including phenoxy) is 3. The van der Waals surface area contributed by atoms with E-state index in [2.05, 4.69) is 15.5 Å². The van der Waals surface area contributed by atoms with Crippen LogP contribution in [0.1, 0.15) is 11.3 Å². The molecule has 0 radical (unpaired) electrons. The number of nitrogens with one attached hydrogen (secondary N) is 2. The van der Waals surface area contributed by atoms with Gasteiger partial charge in [0.25, 0.3) is 0 Å². The molecule has 0 spiro atoms. The summed E-state index contributed by atoms with van der Waals surface area (Å²) in [6.45, 7) is 2.23. The number of carbonyl (C=O) groups excluding carboxylic acids is 1. The van der Waals surface area contributed by atoms with Crippen molar-refractivity contribution in [3.05, 3.63) is 59.8 Å². The van der Waals surface area contributed by atoms with E-state index in [0.717, 1.165) is 16.8 Å². The maximum Gasteiger partial charge on any atom is 0.412 e. The molecule has 0 saturated carbocycles. The summed E-state index contributed by atoms with van der Waals surface area (Å²) >= 11 is 0. The van der Waals surface area contributed by atoms with Gasteiger partial charge in [-0.25, -0.2) is 4.79 Å². The zero-order chi connectivity index (χ0) is 17.9. The minimum Gasteiger partial charge on any atom is -0.454 e. The van der Waals surface area contributed by atoms with Gasteiger partial charge in [-0.15, -0.1) is 0 Å². The van der Waals surface area contributed by atoms with E-state index in [-0.39, 0.29) is 13.4 Å². The van der Waals surface area contributed by atoms with Crippen molar-refractivity contribution in [2.75, 3.05) is 12.1 Å². The van der Waals surface area contributed by atoms with Gasteiger partial charge in [0.1, 0.15) is 12.3 Å². The number of anilines is 1. The molecular weight excluding hydrogens is 334 g/mol. The normalized spacial score (nSPS) is 12.0. The van der Waals surface area contributed by atoms with Crippen molar-refractivity contribution in [3.63, 3.8) is 0 Å². The number of H-pyrrole nitrogens is 1. The predicted octanol–water partition coefficient (Wildman–Crippen LogP) is 3.86. The number of amides is 1. The van der Waals surface area contributed by atoms with Gasteiger partial charge in [-0.1, -0.05) is 30.3 Å². The van der Waals surface area contributed by atoms with Gasteiger partial charge in [-0.2, -0.15) is 5.10 Å². The number of nitrogens with zero attached hydrogens (tertiary/aromatic N) is 1. The van der Waals surface area contributed by atoms with Crippen molar-refractivity contribution >= 4 is 11.8 Å². The first kappa shape index (κ1) is 16.0. The van der Waals surface area contributed by atoms with Gasteiger partial charge in [-0.3, -0.25) is 10.4 Å². The Labute approximate surface area is 149 Å². The highest BCUT2D eigenvalue weighted by atomic mass is 16.7. The Kier molecular flexibility index (Phi) is 4.18. The third kappa shape index (κ3) is 3.19. The summed E-state index contributed by atoms with van der Waals surface area (Å²) in [4.78, 5) is 12.2. The first-order chi connectivity index (χ1) is 12.7. The van der Waals surface area contributed by atoms with Crippen molar-refractivity contribution in [3.8, 4) is 22.8 Å². The lowest BCUT2D eigenvalue weighted by molar-refractivity contribution is 0.155. The van der Waals surface area contributed by atoms with E-state index in [1.165, 1.54) is 0 Å². The third-order valence-corrected chi connectivity index (χ3v) is 4.03. The monoisotopic (exact) mass is 351 g/mol. The Morgan fingerprint density at radius 1 is 1.19 bits per heavy atom. The second kappa shape index (κ2) is 6.79. The number of hydrogen-bond donors (Lipinski definition) is 2. The second-order valence-corrected chi connectivity index (χ2v) is 5.83. The molecule has 3 aromatic rings. The molecular formula is C19H17N3O4. The van der Waals surface area contributed by atoms with Crippen LogP contribution in [0.5, 0.6) is 11.5 Å². The van der Waals surface area contributed by atoms with E-state index in [4.69, 9.17) is 14.2 Å². The summed E-state index contributed by atoms with van der Waals surface area (Å²) in [5, 5.41) is 9.95. The van der Waals surface area contributed by atoms with Crippen LogP contribution in [0.25, 0.3) is 11.3 Å². The van der Waals surface area contributed by atoms with Crippen LogP contribution < -0.4 is 14.8 Å². The number of aryl methyl sites for hydroxylation is 1. The van der Waals surface area contributed by atoms with Crippen LogP contribution in [0, 0.1) is 6.92 Å². The standard InChI is InChI=1S/C19H17N3O4/c1-12-17(20-19(23)24-10-13-5-3-2-4-6-13)18(22-21-12)14-7-8-15-16(9-14)26-11-25-15/h2-9H,10-11H2,1H3,(H,20,23)(H,21,22). The van der Waals surface area contributed by atoms with E-state index < -0.39 is 6.09 Å². The lowest BCUT2D eigenvalue weighted by atomic mass is 10.1. The van der Waals surface area contributed by atoms with E-state index in [9.17, 15) is 4.79 Å². The molecule has 132 valence electrons. The Hall–Kier alpha value is -3.48. The zero-order valence-corrected chi connectivity index (χ0v) is 14.1. The molecule has 0 fully saturated rings. The maximum atomic E-state index is 12.2. The minimum atomic E-state index is -0.541. The van der Waals surface area contributed by atoms with E-state index in [1.807, 2.05) is 55.5 Å². The molecule has 0 saturated heterocycles. The first-order valence-electron chi connectivity index (χ1n) is 8.13. The Balaban J connectivity index is 1.50. The number of aromatic nitrogens is 2. The molecule has 7 nitrogen and oxygen atoms in total. The van der Waals surface area contributed by atoms with Crippen LogP contribution in [0.4, 0.5) is 10.5 Å². The summed E-state index contributed by atoms with van der Waals surface area (Å²) in [5.74, 6) is 1.35. The SMILES string of the molecule is Cc1[nH]nc(-c2ccc3c(c2)OCO3)c1NC(=O)OCc1ccccc1. The second-order valence-electron chi connectivity index (χ2n) is 5.83. The molecule has 26 heavy (non-hydrogen) atoms. The zero-order valence-electron chi connectivity index (χ0n) is 14.1. The first-order valence-corrected chi connectivity index (χ1v) is 8.13. The van der Waals surface area contributed by atoms with E-state index >= 15 is 0 Å². The van der Waals surface area contributed by atoms with Crippen LogP contribution in [0.2, 0.25) is 0 Å². The molecule has 0 atom stereocenters.